The molecule has 0 saturated heterocycles. The molecule has 142 valence electrons. The molecular weight excluding hydrogens is 362 g/mol. The molecule has 0 fully saturated rings. The van der Waals surface area contributed by atoms with Gasteiger partial charge in [0.1, 0.15) is 5.75 Å². The number of methoxy groups -OCH3 is 2. The Kier molecular flexibility index (Phi) is 4.67. The summed E-state index contributed by atoms with van der Waals surface area (Å²) in [6, 6.07) is 14.5. The fraction of sp³-hybridized carbons (Fsp3) is 0.150. The van der Waals surface area contributed by atoms with E-state index in [4.69, 9.17) is 18.3 Å². The van der Waals surface area contributed by atoms with Crippen molar-refractivity contribution in [3.63, 3.8) is 0 Å². The van der Waals surface area contributed by atoms with Crippen LogP contribution in [0.3, 0.4) is 0 Å². The summed E-state index contributed by atoms with van der Waals surface area (Å²) in [4.78, 5) is 12.2. The summed E-state index contributed by atoms with van der Waals surface area (Å²) < 4.78 is 21.7. The fourth-order valence-corrected chi connectivity index (χ4v) is 2.77. The first-order valence-electron chi connectivity index (χ1n) is 8.49. The summed E-state index contributed by atoms with van der Waals surface area (Å²) >= 11 is 0. The molecule has 8 heteroatoms. The Hall–Kier alpha value is -3.81. The molecule has 0 spiro atoms. The molecule has 0 aliphatic heterocycles. The number of ether oxygens (including phenoxy) is 2. The Morgan fingerprint density at radius 1 is 1.04 bits per heavy atom. The summed E-state index contributed by atoms with van der Waals surface area (Å²) in [5.41, 5.74) is 1.42. The van der Waals surface area contributed by atoms with E-state index >= 15 is 0 Å². The molecule has 0 bridgehead atoms. The van der Waals surface area contributed by atoms with E-state index in [9.17, 15) is 4.79 Å². The second kappa shape index (κ2) is 7.43. The number of anilines is 1. The van der Waals surface area contributed by atoms with Crippen LogP contribution >= 0.6 is 0 Å². The molecule has 28 heavy (non-hydrogen) atoms. The summed E-state index contributed by atoms with van der Waals surface area (Å²) in [7, 11) is 3.16. The van der Waals surface area contributed by atoms with Crippen molar-refractivity contribution in [2.45, 2.75) is 6.42 Å². The molecule has 0 unspecified atom stereocenters. The van der Waals surface area contributed by atoms with E-state index < -0.39 is 0 Å². The molecule has 0 radical (unpaired) electrons. The SMILES string of the molecule is COc1ccc(CC(=O)Nc2nnc(-c3cc4cccc(OC)c4o3)o2)cc1. The van der Waals surface area contributed by atoms with E-state index in [0.717, 1.165) is 16.7 Å². The summed E-state index contributed by atoms with van der Waals surface area (Å²) in [6.45, 7) is 0. The monoisotopic (exact) mass is 379 g/mol. The van der Waals surface area contributed by atoms with Gasteiger partial charge in [-0.15, -0.1) is 5.10 Å². The first-order valence-corrected chi connectivity index (χ1v) is 8.49. The zero-order chi connectivity index (χ0) is 19.5. The highest BCUT2D eigenvalue weighted by molar-refractivity contribution is 5.90. The maximum Gasteiger partial charge on any atom is 0.322 e. The highest BCUT2D eigenvalue weighted by Gasteiger charge is 2.17. The molecule has 1 amide bonds. The Morgan fingerprint density at radius 2 is 1.86 bits per heavy atom. The average Bonchev–Trinajstić information content (AvgIpc) is 3.34. The van der Waals surface area contributed by atoms with Crippen LogP contribution in [0.5, 0.6) is 11.5 Å². The van der Waals surface area contributed by atoms with Crippen molar-refractivity contribution in [2.24, 2.45) is 0 Å². The van der Waals surface area contributed by atoms with Crippen molar-refractivity contribution < 1.29 is 23.1 Å². The number of aromatic nitrogens is 2. The van der Waals surface area contributed by atoms with Crippen LogP contribution in [0.4, 0.5) is 6.01 Å². The molecule has 0 saturated carbocycles. The lowest BCUT2D eigenvalue weighted by Gasteiger charge is -2.03. The van der Waals surface area contributed by atoms with Crippen molar-refractivity contribution in [2.75, 3.05) is 19.5 Å². The molecule has 4 rings (SSSR count). The van der Waals surface area contributed by atoms with Gasteiger partial charge in [0, 0.05) is 5.39 Å². The predicted octanol–water partition coefficient (Wildman–Crippen LogP) is 3.68. The number of furan rings is 1. The summed E-state index contributed by atoms with van der Waals surface area (Å²) in [5, 5.41) is 11.2. The number of nitrogens with zero attached hydrogens (tertiary/aromatic N) is 2. The van der Waals surface area contributed by atoms with E-state index in [1.807, 2.05) is 24.3 Å². The maximum atomic E-state index is 12.2. The second-order valence-electron chi connectivity index (χ2n) is 5.97. The largest absolute Gasteiger partial charge is 0.497 e. The van der Waals surface area contributed by atoms with Gasteiger partial charge in [0.25, 0.3) is 5.89 Å². The standard InChI is InChI=1S/C20H17N3O5/c1-25-14-8-6-12(7-9-14)10-17(24)21-20-23-22-19(28-20)16-11-13-4-3-5-15(26-2)18(13)27-16/h3-9,11H,10H2,1-2H3,(H,21,23,24). The highest BCUT2D eigenvalue weighted by atomic mass is 16.5. The van der Waals surface area contributed by atoms with Crippen molar-refractivity contribution in [1.82, 2.24) is 10.2 Å². The number of carbonyl (C=O) groups is 1. The molecular formula is C20H17N3O5. The van der Waals surface area contributed by atoms with Gasteiger partial charge in [0.2, 0.25) is 5.91 Å². The third-order valence-electron chi connectivity index (χ3n) is 4.13. The van der Waals surface area contributed by atoms with Crippen LogP contribution in [0, 0.1) is 0 Å². The van der Waals surface area contributed by atoms with Gasteiger partial charge >= 0.3 is 6.01 Å². The molecule has 2 heterocycles. The molecule has 2 aromatic heterocycles. The molecule has 1 N–H and O–H groups in total. The Morgan fingerprint density at radius 3 is 2.61 bits per heavy atom. The number of para-hydroxylation sites is 1. The third-order valence-corrected chi connectivity index (χ3v) is 4.13. The van der Waals surface area contributed by atoms with Gasteiger partial charge in [0.15, 0.2) is 17.1 Å². The van der Waals surface area contributed by atoms with E-state index in [-0.39, 0.29) is 24.2 Å². The Labute approximate surface area is 160 Å². The number of benzene rings is 2. The number of nitrogens with one attached hydrogen (secondary N) is 1. The van der Waals surface area contributed by atoms with Gasteiger partial charge in [0.05, 0.1) is 20.6 Å². The minimum absolute atomic E-state index is 0.000864. The molecule has 0 aliphatic carbocycles. The minimum atomic E-state index is -0.272. The lowest BCUT2D eigenvalue weighted by Crippen LogP contribution is -2.14. The van der Waals surface area contributed by atoms with Gasteiger partial charge < -0.3 is 18.3 Å². The van der Waals surface area contributed by atoms with Gasteiger partial charge in [-0.3, -0.25) is 10.1 Å². The number of rotatable bonds is 6. The zero-order valence-corrected chi connectivity index (χ0v) is 15.3. The van der Waals surface area contributed by atoms with E-state index in [1.54, 1.807) is 38.5 Å². The second-order valence-corrected chi connectivity index (χ2v) is 5.97. The number of fused-ring (bicyclic) bond motifs is 1. The average molecular weight is 379 g/mol. The zero-order valence-electron chi connectivity index (χ0n) is 15.3. The van der Waals surface area contributed by atoms with Crippen LogP contribution in [-0.2, 0) is 11.2 Å². The van der Waals surface area contributed by atoms with Gasteiger partial charge in [-0.1, -0.05) is 29.4 Å². The van der Waals surface area contributed by atoms with E-state index in [1.165, 1.54) is 0 Å². The summed E-state index contributed by atoms with van der Waals surface area (Å²) in [6.07, 6.45) is 0.170. The van der Waals surface area contributed by atoms with Crippen molar-refractivity contribution in [1.29, 1.82) is 0 Å². The van der Waals surface area contributed by atoms with Crippen LogP contribution in [0.15, 0.2) is 57.4 Å². The van der Waals surface area contributed by atoms with Gasteiger partial charge in [-0.2, -0.15) is 0 Å². The Bertz CT molecular complexity index is 1110. The highest BCUT2D eigenvalue weighted by Crippen LogP contribution is 2.33. The molecule has 0 atom stereocenters. The molecule has 4 aromatic rings. The van der Waals surface area contributed by atoms with Crippen LogP contribution in [-0.4, -0.2) is 30.3 Å². The van der Waals surface area contributed by atoms with Crippen LogP contribution < -0.4 is 14.8 Å². The van der Waals surface area contributed by atoms with Crippen molar-refractivity contribution in [3.05, 3.63) is 54.1 Å². The van der Waals surface area contributed by atoms with E-state index in [2.05, 4.69) is 15.5 Å². The first-order chi connectivity index (χ1) is 13.7. The quantitative estimate of drug-likeness (QED) is 0.545. The third kappa shape index (κ3) is 3.52. The van der Waals surface area contributed by atoms with Crippen LogP contribution in [0.2, 0.25) is 0 Å². The van der Waals surface area contributed by atoms with Crippen LogP contribution in [0.25, 0.3) is 22.6 Å². The summed E-state index contributed by atoms with van der Waals surface area (Å²) in [5.74, 6) is 1.62. The number of hydrogen-bond acceptors (Lipinski definition) is 7. The minimum Gasteiger partial charge on any atom is -0.497 e. The smallest absolute Gasteiger partial charge is 0.322 e. The number of hydrogen-bond donors (Lipinski definition) is 1. The molecule has 2 aromatic carbocycles. The van der Waals surface area contributed by atoms with Crippen molar-refractivity contribution >= 4 is 22.9 Å². The van der Waals surface area contributed by atoms with Crippen molar-refractivity contribution in [3.8, 4) is 23.1 Å². The lowest BCUT2D eigenvalue weighted by atomic mass is 10.1. The normalized spacial score (nSPS) is 10.8. The van der Waals surface area contributed by atoms with Gasteiger partial charge in [-0.25, -0.2) is 0 Å². The maximum absolute atomic E-state index is 12.2. The first kappa shape index (κ1) is 17.6. The van der Waals surface area contributed by atoms with Crippen LogP contribution in [0.1, 0.15) is 5.56 Å². The molecule has 8 nitrogen and oxygen atoms in total. The number of amides is 1. The Balaban J connectivity index is 1.47. The fourth-order valence-electron chi connectivity index (χ4n) is 2.77. The lowest BCUT2D eigenvalue weighted by molar-refractivity contribution is -0.115. The number of carbonyl (C=O) groups excluding carboxylic acids is 1. The molecule has 0 aliphatic rings. The topological polar surface area (TPSA) is 99.6 Å². The van der Waals surface area contributed by atoms with Gasteiger partial charge in [-0.05, 0) is 29.8 Å². The predicted molar refractivity (Wildman–Crippen MR) is 101 cm³/mol. The van der Waals surface area contributed by atoms with E-state index in [0.29, 0.717) is 17.1 Å².